The Morgan fingerprint density at radius 1 is 1.07 bits per heavy atom. The number of benzene rings is 3. The molecule has 7 heteroatoms. The van der Waals surface area contributed by atoms with Gasteiger partial charge in [-0.2, -0.15) is 0 Å². The number of rotatable bonds is 4. The second-order valence-corrected chi connectivity index (χ2v) is 9.73. The van der Waals surface area contributed by atoms with Gasteiger partial charge in [-0.1, -0.05) is 35.4 Å². The van der Waals surface area contributed by atoms with Gasteiger partial charge in [-0.05, 0) is 74.4 Å². The minimum Gasteiger partial charge on any atom is -0.322 e. The van der Waals surface area contributed by atoms with E-state index in [0.717, 1.165) is 11.1 Å². The molecule has 1 heterocycles. The lowest BCUT2D eigenvalue weighted by molar-refractivity contribution is 0.102. The normalized spacial score (nSPS) is 15.7. The van der Waals surface area contributed by atoms with Gasteiger partial charge in [0.1, 0.15) is 0 Å². The molecule has 0 saturated carbocycles. The number of carbonyl (C=O) groups excluding carboxylic acids is 1. The van der Waals surface area contributed by atoms with Gasteiger partial charge in [0.05, 0.1) is 10.6 Å². The van der Waals surface area contributed by atoms with Crippen molar-refractivity contribution in [3.05, 3.63) is 88.4 Å². The SMILES string of the molecule is Cc1ccc(S(=O)(=O)N2c3ccc(C(=O)Nc4cccc(Cl)c4)cc3C[C@@H]2C)cc1. The molecule has 0 radical (unpaired) electrons. The van der Waals surface area contributed by atoms with E-state index in [4.69, 9.17) is 11.6 Å². The van der Waals surface area contributed by atoms with Crippen LogP contribution in [0.5, 0.6) is 0 Å². The molecule has 5 nitrogen and oxygen atoms in total. The van der Waals surface area contributed by atoms with E-state index in [1.54, 1.807) is 66.7 Å². The molecule has 4 rings (SSSR count). The van der Waals surface area contributed by atoms with Gasteiger partial charge in [0.2, 0.25) is 0 Å². The number of hydrogen-bond donors (Lipinski definition) is 1. The molecule has 3 aromatic carbocycles. The number of aryl methyl sites for hydroxylation is 1. The number of fused-ring (bicyclic) bond motifs is 1. The van der Waals surface area contributed by atoms with Crippen molar-refractivity contribution in [2.45, 2.75) is 31.2 Å². The molecule has 1 amide bonds. The first-order valence-electron chi connectivity index (χ1n) is 9.56. The van der Waals surface area contributed by atoms with Gasteiger partial charge in [-0.15, -0.1) is 0 Å². The summed E-state index contributed by atoms with van der Waals surface area (Å²) in [5, 5.41) is 3.35. The van der Waals surface area contributed by atoms with Crippen LogP contribution in [0.1, 0.15) is 28.4 Å². The minimum atomic E-state index is -3.69. The molecule has 1 atom stereocenters. The number of sulfonamides is 1. The molecule has 0 aromatic heterocycles. The first-order valence-corrected chi connectivity index (χ1v) is 11.4. The zero-order valence-electron chi connectivity index (χ0n) is 16.6. The Morgan fingerprint density at radius 3 is 2.50 bits per heavy atom. The first-order chi connectivity index (χ1) is 14.3. The highest BCUT2D eigenvalue weighted by Crippen LogP contribution is 2.37. The van der Waals surface area contributed by atoms with Crippen LogP contribution in [0.15, 0.2) is 71.6 Å². The van der Waals surface area contributed by atoms with E-state index in [1.807, 2.05) is 13.8 Å². The lowest BCUT2D eigenvalue weighted by Crippen LogP contribution is -2.35. The summed E-state index contributed by atoms with van der Waals surface area (Å²) in [6, 6.07) is 18.6. The standard InChI is InChI=1S/C23H21ClN2O3S/c1-15-6-9-21(10-7-15)30(28,29)26-16(2)12-18-13-17(8-11-22(18)26)23(27)25-20-5-3-4-19(24)14-20/h3-11,13-14,16H,12H2,1-2H3,(H,25,27)/t16-/m0/s1. The summed E-state index contributed by atoms with van der Waals surface area (Å²) in [5.41, 5.74) is 3.51. The maximum absolute atomic E-state index is 13.2. The average Bonchev–Trinajstić information content (AvgIpc) is 3.03. The molecule has 1 N–H and O–H groups in total. The second-order valence-electron chi connectivity index (χ2n) is 7.48. The third kappa shape index (κ3) is 3.80. The highest BCUT2D eigenvalue weighted by Gasteiger charge is 2.36. The first kappa shape index (κ1) is 20.4. The van der Waals surface area contributed by atoms with Crippen molar-refractivity contribution in [1.29, 1.82) is 0 Å². The van der Waals surface area contributed by atoms with E-state index < -0.39 is 10.0 Å². The Hall–Kier alpha value is -2.83. The number of anilines is 2. The molecule has 154 valence electrons. The summed E-state index contributed by atoms with van der Waals surface area (Å²) in [6.45, 7) is 3.79. The fourth-order valence-corrected chi connectivity index (χ4v) is 5.59. The topological polar surface area (TPSA) is 66.5 Å². The Morgan fingerprint density at radius 2 is 1.80 bits per heavy atom. The lowest BCUT2D eigenvalue weighted by atomic mass is 10.1. The van der Waals surface area contributed by atoms with E-state index in [0.29, 0.717) is 28.4 Å². The van der Waals surface area contributed by atoms with Crippen molar-refractivity contribution < 1.29 is 13.2 Å². The number of nitrogens with one attached hydrogen (secondary N) is 1. The fraction of sp³-hybridized carbons (Fsp3) is 0.174. The molecule has 0 aliphatic carbocycles. The van der Waals surface area contributed by atoms with Crippen molar-refractivity contribution in [1.82, 2.24) is 0 Å². The van der Waals surface area contributed by atoms with Gasteiger partial charge < -0.3 is 5.32 Å². The molecule has 0 fully saturated rings. The van der Waals surface area contributed by atoms with Crippen LogP contribution in [0.3, 0.4) is 0 Å². The van der Waals surface area contributed by atoms with Crippen LogP contribution in [-0.2, 0) is 16.4 Å². The van der Waals surface area contributed by atoms with Gasteiger partial charge in [0.25, 0.3) is 15.9 Å². The minimum absolute atomic E-state index is 0.238. The smallest absolute Gasteiger partial charge is 0.264 e. The quantitative estimate of drug-likeness (QED) is 0.618. The highest BCUT2D eigenvalue weighted by molar-refractivity contribution is 7.92. The Labute approximate surface area is 181 Å². The van der Waals surface area contributed by atoms with Crippen LogP contribution in [0, 0.1) is 6.92 Å². The molecular formula is C23H21ClN2O3S. The number of carbonyl (C=O) groups is 1. The zero-order chi connectivity index (χ0) is 21.5. The maximum Gasteiger partial charge on any atom is 0.264 e. The Bertz CT molecular complexity index is 1220. The van der Waals surface area contributed by atoms with Crippen molar-refractivity contribution in [2.75, 3.05) is 9.62 Å². The van der Waals surface area contributed by atoms with Gasteiger partial charge in [-0.3, -0.25) is 9.10 Å². The van der Waals surface area contributed by atoms with Crippen LogP contribution in [-0.4, -0.2) is 20.4 Å². The van der Waals surface area contributed by atoms with Crippen molar-refractivity contribution in [3.63, 3.8) is 0 Å². The van der Waals surface area contributed by atoms with Crippen molar-refractivity contribution in [2.24, 2.45) is 0 Å². The molecule has 0 bridgehead atoms. The predicted octanol–water partition coefficient (Wildman–Crippen LogP) is 5.04. The van der Waals surface area contributed by atoms with Gasteiger partial charge >= 0.3 is 0 Å². The summed E-state index contributed by atoms with van der Waals surface area (Å²) in [6.07, 6.45) is 0.540. The van der Waals surface area contributed by atoms with E-state index >= 15 is 0 Å². The third-order valence-electron chi connectivity index (χ3n) is 5.16. The number of nitrogens with zero attached hydrogens (tertiary/aromatic N) is 1. The molecule has 0 spiro atoms. The molecule has 1 aliphatic rings. The molecule has 0 unspecified atom stereocenters. The number of halogens is 1. The third-order valence-corrected chi connectivity index (χ3v) is 7.33. The van der Waals surface area contributed by atoms with E-state index in [1.165, 1.54) is 4.31 Å². The summed E-state index contributed by atoms with van der Waals surface area (Å²) in [7, 11) is -3.69. The lowest BCUT2D eigenvalue weighted by Gasteiger charge is -2.24. The van der Waals surface area contributed by atoms with Crippen molar-refractivity contribution >= 4 is 38.9 Å². The van der Waals surface area contributed by atoms with Crippen LogP contribution in [0.2, 0.25) is 5.02 Å². The number of hydrogen-bond acceptors (Lipinski definition) is 3. The van der Waals surface area contributed by atoms with Gasteiger partial charge in [-0.25, -0.2) is 8.42 Å². The molecule has 1 aliphatic heterocycles. The molecule has 0 saturated heterocycles. The zero-order valence-corrected chi connectivity index (χ0v) is 18.2. The monoisotopic (exact) mass is 440 g/mol. The van der Waals surface area contributed by atoms with Gasteiger partial charge in [0.15, 0.2) is 0 Å². The van der Waals surface area contributed by atoms with E-state index in [2.05, 4.69) is 5.32 Å². The summed E-state index contributed by atoms with van der Waals surface area (Å²) in [5.74, 6) is -0.271. The largest absolute Gasteiger partial charge is 0.322 e. The van der Waals surface area contributed by atoms with Gasteiger partial charge in [0, 0.05) is 22.3 Å². The average molecular weight is 441 g/mol. The van der Waals surface area contributed by atoms with Crippen molar-refractivity contribution in [3.8, 4) is 0 Å². The van der Waals surface area contributed by atoms with Crippen LogP contribution in [0.25, 0.3) is 0 Å². The van der Waals surface area contributed by atoms with Crippen LogP contribution < -0.4 is 9.62 Å². The molecule has 30 heavy (non-hydrogen) atoms. The summed E-state index contributed by atoms with van der Waals surface area (Å²) >= 11 is 5.97. The fourth-order valence-electron chi connectivity index (χ4n) is 3.70. The van der Waals surface area contributed by atoms with Crippen LogP contribution >= 0.6 is 11.6 Å². The van der Waals surface area contributed by atoms with Crippen LogP contribution in [0.4, 0.5) is 11.4 Å². The second kappa shape index (κ2) is 7.78. The number of amides is 1. The maximum atomic E-state index is 13.2. The molecular weight excluding hydrogens is 420 g/mol. The van der Waals surface area contributed by atoms with E-state index in [-0.39, 0.29) is 16.8 Å². The highest BCUT2D eigenvalue weighted by atomic mass is 35.5. The Balaban J connectivity index is 1.63. The molecule has 3 aromatic rings. The predicted molar refractivity (Wildman–Crippen MR) is 120 cm³/mol. The Kier molecular flexibility index (Phi) is 5.30. The summed E-state index contributed by atoms with van der Waals surface area (Å²) < 4.78 is 27.9. The summed E-state index contributed by atoms with van der Waals surface area (Å²) in [4.78, 5) is 12.9. The van der Waals surface area contributed by atoms with E-state index in [9.17, 15) is 13.2 Å².